The first-order valence-corrected chi connectivity index (χ1v) is 23.0. The van der Waals surface area contributed by atoms with Crippen molar-refractivity contribution in [3.63, 3.8) is 0 Å². The largest absolute Gasteiger partial charge is 0.462 e. The molecule has 0 amide bonds. The number of hydrogen-bond acceptors (Lipinski definition) is 6. The van der Waals surface area contributed by atoms with Crippen LogP contribution >= 0.6 is 0 Å². The van der Waals surface area contributed by atoms with E-state index in [0.717, 1.165) is 57.8 Å². The molecule has 0 radical (unpaired) electrons. The maximum Gasteiger partial charge on any atom is 0.306 e. The Morgan fingerprint density at radius 3 is 0.769 bits per heavy atom. The summed E-state index contributed by atoms with van der Waals surface area (Å²) in [6.07, 6.45) is 42.2. The lowest BCUT2D eigenvalue weighted by molar-refractivity contribution is -0.167. The molecule has 6 heteroatoms. The van der Waals surface area contributed by atoms with Crippen molar-refractivity contribution < 1.29 is 28.6 Å². The maximum absolute atomic E-state index is 12.7. The maximum atomic E-state index is 12.7. The fourth-order valence-electron chi connectivity index (χ4n) is 6.85. The number of carbonyl (C=O) groups is 3. The molecule has 0 N–H and O–H groups in total. The number of unbranched alkanes of at least 4 members (excludes halogenated alkanes) is 31. The highest BCUT2D eigenvalue weighted by molar-refractivity contribution is 5.71. The van der Waals surface area contributed by atoms with Gasteiger partial charge < -0.3 is 14.2 Å². The third-order valence-corrected chi connectivity index (χ3v) is 10.4. The van der Waals surface area contributed by atoms with E-state index >= 15 is 0 Å². The van der Waals surface area contributed by atoms with Crippen LogP contribution in [0.25, 0.3) is 0 Å². The first-order valence-electron chi connectivity index (χ1n) is 23.0. The van der Waals surface area contributed by atoms with Gasteiger partial charge in [-0.1, -0.05) is 220 Å². The molecule has 1 unspecified atom stereocenters. The average molecular weight is 737 g/mol. The molecule has 0 fully saturated rings. The van der Waals surface area contributed by atoms with E-state index in [1.807, 2.05) is 0 Å². The summed E-state index contributed by atoms with van der Waals surface area (Å²) in [6, 6.07) is 0. The van der Waals surface area contributed by atoms with Crippen molar-refractivity contribution in [2.75, 3.05) is 13.2 Å². The van der Waals surface area contributed by atoms with Crippen molar-refractivity contribution in [2.45, 2.75) is 264 Å². The lowest BCUT2D eigenvalue weighted by Crippen LogP contribution is -2.30. The number of ether oxygens (including phenoxy) is 3. The fraction of sp³-hybridized carbons (Fsp3) is 0.935. The predicted molar refractivity (Wildman–Crippen MR) is 220 cm³/mol. The molecule has 0 aromatic heterocycles. The van der Waals surface area contributed by atoms with E-state index in [9.17, 15) is 14.4 Å². The molecule has 0 spiro atoms. The quantitative estimate of drug-likeness (QED) is 0.0353. The summed E-state index contributed by atoms with van der Waals surface area (Å²) >= 11 is 0. The van der Waals surface area contributed by atoms with E-state index in [1.165, 1.54) is 161 Å². The van der Waals surface area contributed by atoms with Gasteiger partial charge in [0.15, 0.2) is 6.10 Å². The summed E-state index contributed by atoms with van der Waals surface area (Å²) in [5.41, 5.74) is 0. The van der Waals surface area contributed by atoms with Gasteiger partial charge in [0.1, 0.15) is 13.2 Å². The van der Waals surface area contributed by atoms with Gasteiger partial charge in [-0.2, -0.15) is 0 Å². The van der Waals surface area contributed by atoms with Crippen LogP contribution in [-0.2, 0) is 28.6 Å². The van der Waals surface area contributed by atoms with Gasteiger partial charge in [-0.15, -0.1) is 0 Å². The smallest absolute Gasteiger partial charge is 0.306 e. The van der Waals surface area contributed by atoms with Gasteiger partial charge in [-0.05, 0) is 19.3 Å². The lowest BCUT2D eigenvalue weighted by atomic mass is 10.0. The molecule has 0 aromatic carbocycles. The lowest BCUT2D eigenvalue weighted by Gasteiger charge is -2.18. The van der Waals surface area contributed by atoms with Crippen LogP contribution in [0.3, 0.4) is 0 Å². The number of rotatable bonds is 42. The van der Waals surface area contributed by atoms with Crippen LogP contribution < -0.4 is 0 Å². The predicted octanol–water partition coefficient (Wildman–Crippen LogP) is 14.5. The highest BCUT2D eigenvalue weighted by atomic mass is 16.6. The Kier molecular flexibility index (Phi) is 40.9. The average Bonchev–Trinajstić information content (AvgIpc) is 3.14. The Labute approximate surface area is 323 Å². The minimum absolute atomic E-state index is 0.0627. The van der Waals surface area contributed by atoms with Crippen LogP contribution in [0.4, 0.5) is 0 Å². The third-order valence-electron chi connectivity index (χ3n) is 10.4. The molecule has 6 nitrogen and oxygen atoms in total. The van der Waals surface area contributed by atoms with Crippen LogP contribution in [0.2, 0.25) is 0 Å². The van der Waals surface area contributed by atoms with Crippen molar-refractivity contribution in [1.82, 2.24) is 0 Å². The van der Waals surface area contributed by atoms with Crippen LogP contribution in [0.1, 0.15) is 258 Å². The van der Waals surface area contributed by atoms with Crippen LogP contribution in [-0.4, -0.2) is 37.2 Å². The zero-order chi connectivity index (χ0) is 38.0. The summed E-state index contributed by atoms with van der Waals surface area (Å²) < 4.78 is 16.7. The second-order valence-electron chi connectivity index (χ2n) is 15.7. The van der Waals surface area contributed by atoms with Gasteiger partial charge in [0.05, 0.1) is 0 Å². The van der Waals surface area contributed by atoms with Crippen molar-refractivity contribution in [3.8, 4) is 0 Å². The molecule has 0 bridgehead atoms. The molecule has 0 aliphatic rings. The molecule has 0 rings (SSSR count). The first-order chi connectivity index (χ1) is 25.5. The van der Waals surface area contributed by atoms with E-state index in [-0.39, 0.29) is 31.1 Å². The monoisotopic (exact) mass is 737 g/mol. The molecule has 308 valence electrons. The van der Waals surface area contributed by atoms with Crippen LogP contribution in [0.5, 0.6) is 0 Å². The van der Waals surface area contributed by atoms with Crippen LogP contribution in [0.15, 0.2) is 0 Å². The molecular formula is C46H88O6. The molecule has 0 aromatic rings. The Morgan fingerprint density at radius 1 is 0.308 bits per heavy atom. The van der Waals surface area contributed by atoms with Crippen molar-refractivity contribution in [2.24, 2.45) is 0 Å². The Bertz CT molecular complexity index is 768. The molecule has 1 atom stereocenters. The zero-order valence-corrected chi connectivity index (χ0v) is 35.1. The van der Waals surface area contributed by atoms with E-state index < -0.39 is 6.10 Å². The van der Waals surface area contributed by atoms with Gasteiger partial charge >= 0.3 is 17.9 Å². The van der Waals surface area contributed by atoms with Gasteiger partial charge in [0.25, 0.3) is 0 Å². The summed E-state index contributed by atoms with van der Waals surface area (Å²) in [6.45, 7) is 6.63. The van der Waals surface area contributed by atoms with Gasteiger partial charge in [-0.25, -0.2) is 0 Å². The van der Waals surface area contributed by atoms with Gasteiger partial charge in [0.2, 0.25) is 0 Å². The Balaban J connectivity index is 4.30. The van der Waals surface area contributed by atoms with Crippen molar-refractivity contribution in [3.05, 3.63) is 0 Å². The summed E-state index contributed by atoms with van der Waals surface area (Å²) in [7, 11) is 0. The normalized spacial score (nSPS) is 11.8. The summed E-state index contributed by atoms with van der Waals surface area (Å²) in [4.78, 5) is 37.6. The van der Waals surface area contributed by atoms with Gasteiger partial charge in [-0.3, -0.25) is 14.4 Å². The Hall–Kier alpha value is -1.59. The highest BCUT2D eigenvalue weighted by Crippen LogP contribution is 2.16. The first kappa shape index (κ1) is 50.4. The minimum Gasteiger partial charge on any atom is -0.462 e. The topological polar surface area (TPSA) is 78.9 Å². The number of esters is 3. The van der Waals surface area contributed by atoms with Crippen molar-refractivity contribution >= 4 is 17.9 Å². The van der Waals surface area contributed by atoms with E-state index in [0.29, 0.717) is 19.3 Å². The van der Waals surface area contributed by atoms with E-state index in [4.69, 9.17) is 14.2 Å². The molecule has 0 saturated carbocycles. The highest BCUT2D eigenvalue weighted by Gasteiger charge is 2.19. The Morgan fingerprint density at radius 2 is 0.519 bits per heavy atom. The number of hydrogen-bond donors (Lipinski definition) is 0. The molecule has 0 aliphatic heterocycles. The summed E-state index contributed by atoms with van der Waals surface area (Å²) in [5.74, 6) is -0.853. The third kappa shape index (κ3) is 39.6. The van der Waals surface area contributed by atoms with Gasteiger partial charge in [0, 0.05) is 19.3 Å². The fourth-order valence-corrected chi connectivity index (χ4v) is 6.85. The molecular weight excluding hydrogens is 648 g/mol. The second-order valence-corrected chi connectivity index (χ2v) is 15.7. The minimum atomic E-state index is -0.757. The molecule has 0 saturated heterocycles. The second kappa shape index (κ2) is 42.2. The van der Waals surface area contributed by atoms with E-state index in [1.54, 1.807) is 0 Å². The number of carbonyl (C=O) groups excluding carboxylic acids is 3. The molecule has 0 aliphatic carbocycles. The molecule has 52 heavy (non-hydrogen) atoms. The van der Waals surface area contributed by atoms with E-state index in [2.05, 4.69) is 20.8 Å². The van der Waals surface area contributed by atoms with Crippen molar-refractivity contribution in [1.29, 1.82) is 0 Å². The SMILES string of the molecule is CCCCCCCCCCCCCCCC(=O)OCC(COC(=O)CCCCCCCCCCC)OC(=O)CCCCCCCCCCCCCC. The summed E-state index contributed by atoms with van der Waals surface area (Å²) in [5, 5.41) is 0. The standard InChI is InChI=1S/C46H88O6/c1-4-7-10-13-16-19-21-23-25-27-30-33-36-39-45(48)51-42-43(41-50-44(47)38-35-32-29-26-18-15-12-9-6-3)52-46(49)40-37-34-31-28-24-22-20-17-14-11-8-5-2/h43H,4-42H2,1-3H3. The molecule has 0 heterocycles. The van der Waals surface area contributed by atoms with Crippen LogP contribution in [0, 0.1) is 0 Å². The zero-order valence-electron chi connectivity index (χ0n) is 35.1.